The molecule has 0 unspecified atom stereocenters. The summed E-state index contributed by atoms with van der Waals surface area (Å²) in [7, 11) is -3.14. The van der Waals surface area contributed by atoms with Crippen LogP contribution in [0.4, 0.5) is 17.1 Å². The molecule has 1 saturated carbocycles. The third kappa shape index (κ3) is 4.60. The van der Waals surface area contributed by atoms with Crippen LogP contribution in [0.2, 0.25) is 0 Å². The van der Waals surface area contributed by atoms with Gasteiger partial charge in [0.25, 0.3) is 5.69 Å². The molecule has 0 amide bonds. The Labute approximate surface area is 153 Å². The first-order valence-electron chi connectivity index (χ1n) is 8.76. The monoisotopic (exact) mass is 374 g/mol. The zero-order chi connectivity index (χ0) is 18.6. The van der Waals surface area contributed by atoms with Gasteiger partial charge in [-0.25, -0.2) is 8.42 Å². The number of nitro groups is 1. The van der Waals surface area contributed by atoms with Gasteiger partial charge >= 0.3 is 0 Å². The molecule has 1 aliphatic carbocycles. The molecule has 1 aliphatic rings. The highest BCUT2D eigenvalue weighted by atomic mass is 32.2. The van der Waals surface area contributed by atoms with E-state index in [1.54, 1.807) is 12.1 Å². The highest BCUT2D eigenvalue weighted by Crippen LogP contribution is 2.27. The van der Waals surface area contributed by atoms with E-state index >= 15 is 0 Å². The summed E-state index contributed by atoms with van der Waals surface area (Å²) >= 11 is 0. The van der Waals surface area contributed by atoms with Crippen molar-refractivity contribution in [3.8, 4) is 0 Å². The fraction of sp³-hybridized carbons (Fsp3) is 0.368. The average molecular weight is 374 g/mol. The van der Waals surface area contributed by atoms with Gasteiger partial charge < -0.3 is 5.32 Å². The Morgan fingerprint density at radius 1 is 1.00 bits per heavy atom. The highest BCUT2D eigenvalue weighted by Gasteiger charge is 2.27. The zero-order valence-electron chi connectivity index (χ0n) is 14.4. The molecular formula is C19H22N2O4S. The number of nitrogens with zero attached hydrogens (tertiary/aromatic N) is 1. The maximum absolute atomic E-state index is 12.6. The molecule has 1 fully saturated rings. The molecule has 26 heavy (non-hydrogen) atoms. The summed E-state index contributed by atoms with van der Waals surface area (Å²) in [4.78, 5) is 10.3. The summed E-state index contributed by atoms with van der Waals surface area (Å²) in [6, 6.07) is 13.4. The molecule has 0 spiro atoms. The first-order chi connectivity index (χ1) is 12.4. The molecule has 7 heteroatoms. The van der Waals surface area contributed by atoms with Crippen LogP contribution in [0, 0.1) is 10.1 Å². The second-order valence-corrected chi connectivity index (χ2v) is 8.98. The van der Waals surface area contributed by atoms with Gasteiger partial charge in [-0.2, -0.15) is 0 Å². The van der Waals surface area contributed by atoms with Crippen LogP contribution in [-0.2, 0) is 15.6 Å². The van der Waals surface area contributed by atoms with Gasteiger partial charge in [0.05, 0.1) is 15.9 Å². The summed E-state index contributed by atoms with van der Waals surface area (Å²) in [5.74, 6) is 0.0491. The molecule has 2 aromatic carbocycles. The Bertz CT molecular complexity index is 873. The summed E-state index contributed by atoms with van der Waals surface area (Å²) in [6.45, 7) is 0. The van der Waals surface area contributed by atoms with Crippen molar-refractivity contribution in [3.05, 3.63) is 64.2 Å². The van der Waals surface area contributed by atoms with Gasteiger partial charge in [-0.3, -0.25) is 10.1 Å². The first kappa shape index (κ1) is 18.4. The molecule has 6 nitrogen and oxygen atoms in total. The third-order valence-corrected chi connectivity index (χ3v) is 6.94. The molecule has 0 atom stereocenters. The van der Waals surface area contributed by atoms with E-state index in [2.05, 4.69) is 5.32 Å². The van der Waals surface area contributed by atoms with Crippen LogP contribution in [0.15, 0.2) is 48.5 Å². The van der Waals surface area contributed by atoms with Crippen LogP contribution >= 0.6 is 0 Å². The van der Waals surface area contributed by atoms with Crippen molar-refractivity contribution in [2.24, 2.45) is 0 Å². The summed E-state index contributed by atoms with van der Waals surface area (Å²) in [5.41, 5.74) is 2.25. The van der Waals surface area contributed by atoms with Crippen molar-refractivity contribution in [1.29, 1.82) is 0 Å². The standard InChI is InChI=1S/C19H22N2O4S/c22-21(23)18-11-9-16(10-12-18)20-17-6-4-5-15(13-17)14-26(24,25)19-7-2-1-3-8-19/h4-6,9-13,19-20H,1-3,7-8,14H2. The molecule has 0 aromatic heterocycles. The van der Waals surface area contributed by atoms with Crippen molar-refractivity contribution < 1.29 is 13.3 Å². The Kier molecular flexibility index (Phi) is 5.56. The minimum atomic E-state index is -3.14. The van der Waals surface area contributed by atoms with E-state index in [-0.39, 0.29) is 16.7 Å². The average Bonchev–Trinajstić information content (AvgIpc) is 2.63. The molecular weight excluding hydrogens is 352 g/mol. The lowest BCUT2D eigenvalue weighted by Crippen LogP contribution is -2.25. The van der Waals surface area contributed by atoms with Crippen molar-refractivity contribution in [3.63, 3.8) is 0 Å². The van der Waals surface area contributed by atoms with Gasteiger partial charge in [0.1, 0.15) is 0 Å². The smallest absolute Gasteiger partial charge is 0.269 e. The van der Waals surface area contributed by atoms with Crippen LogP contribution in [0.5, 0.6) is 0 Å². The van der Waals surface area contributed by atoms with Crippen molar-refractivity contribution in [2.45, 2.75) is 43.1 Å². The molecule has 0 aliphatic heterocycles. The van der Waals surface area contributed by atoms with Crippen LogP contribution in [-0.4, -0.2) is 18.6 Å². The quantitative estimate of drug-likeness (QED) is 0.590. The number of nitrogens with one attached hydrogen (secondary N) is 1. The second-order valence-electron chi connectivity index (χ2n) is 6.70. The third-order valence-electron chi connectivity index (χ3n) is 4.72. The van der Waals surface area contributed by atoms with Crippen molar-refractivity contribution in [2.75, 3.05) is 5.32 Å². The van der Waals surface area contributed by atoms with E-state index in [0.29, 0.717) is 5.69 Å². The predicted molar refractivity (Wildman–Crippen MR) is 102 cm³/mol. The normalized spacial score (nSPS) is 15.5. The topological polar surface area (TPSA) is 89.3 Å². The van der Waals surface area contributed by atoms with Gasteiger partial charge in [0.2, 0.25) is 0 Å². The van der Waals surface area contributed by atoms with Gasteiger partial charge in [-0.05, 0) is 42.7 Å². The molecule has 2 aromatic rings. The molecule has 0 saturated heterocycles. The zero-order valence-corrected chi connectivity index (χ0v) is 15.2. The lowest BCUT2D eigenvalue weighted by Gasteiger charge is -2.21. The molecule has 0 bridgehead atoms. The SMILES string of the molecule is O=[N+]([O-])c1ccc(Nc2cccc(CS(=O)(=O)C3CCCCC3)c2)cc1. The second kappa shape index (κ2) is 7.86. The van der Waals surface area contributed by atoms with Crippen LogP contribution in [0.3, 0.4) is 0 Å². The minimum Gasteiger partial charge on any atom is -0.356 e. The Morgan fingerprint density at radius 2 is 1.69 bits per heavy atom. The number of anilines is 2. The van der Waals surface area contributed by atoms with E-state index in [1.165, 1.54) is 12.1 Å². The summed E-state index contributed by atoms with van der Waals surface area (Å²) in [6.07, 6.45) is 4.64. The number of sulfone groups is 1. The van der Waals surface area contributed by atoms with E-state index in [4.69, 9.17) is 0 Å². The Morgan fingerprint density at radius 3 is 2.35 bits per heavy atom. The number of hydrogen-bond donors (Lipinski definition) is 1. The number of nitro benzene ring substituents is 1. The fourth-order valence-electron chi connectivity index (χ4n) is 3.35. The highest BCUT2D eigenvalue weighted by molar-refractivity contribution is 7.91. The molecule has 138 valence electrons. The van der Waals surface area contributed by atoms with Crippen molar-refractivity contribution >= 4 is 26.9 Å². The Hall–Kier alpha value is -2.41. The molecule has 1 N–H and O–H groups in total. The van der Waals surface area contributed by atoms with Crippen LogP contribution in [0.25, 0.3) is 0 Å². The molecule has 0 heterocycles. The van der Waals surface area contributed by atoms with E-state index < -0.39 is 14.8 Å². The van der Waals surface area contributed by atoms with Gasteiger partial charge in [-0.1, -0.05) is 31.4 Å². The van der Waals surface area contributed by atoms with E-state index in [1.807, 2.05) is 24.3 Å². The fourth-order valence-corrected chi connectivity index (χ4v) is 5.28. The van der Waals surface area contributed by atoms with Gasteiger partial charge in [-0.15, -0.1) is 0 Å². The van der Waals surface area contributed by atoms with Crippen LogP contribution < -0.4 is 5.32 Å². The molecule has 0 radical (unpaired) electrons. The summed E-state index contributed by atoms with van der Waals surface area (Å²) in [5, 5.41) is 13.6. The minimum absolute atomic E-state index is 0.0304. The van der Waals surface area contributed by atoms with E-state index in [9.17, 15) is 18.5 Å². The maximum atomic E-state index is 12.6. The maximum Gasteiger partial charge on any atom is 0.269 e. The van der Waals surface area contributed by atoms with Gasteiger partial charge in [0.15, 0.2) is 9.84 Å². The Balaban J connectivity index is 1.70. The number of rotatable bonds is 6. The summed E-state index contributed by atoms with van der Waals surface area (Å²) < 4.78 is 25.3. The number of non-ortho nitro benzene ring substituents is 1. The number of benzene rings is 2. The van der Waals surface area contributed by atoms with Crippen LogP contribution in [0.1, 0.15) is 37.7 Å². The molecule has 3 rings (SSSR count). The van der Waals surface area contributed by atoms with Gasteiger partial charge in [0, 0.05) is 23.5 Å². The predicted octanol–water partition coefficient (Wildman–Crippen LogP) is 4.59. The lowest BCUT2D eigenvalue weighted by molar-refractivity contribution is -0.384. The van der Waals surface area contributed by atoms with Crippen molar-refractivity contribution in [1.82, 2.24) is 0 Å². The van der Waals surface area contributed by atoms with E-state index in [0.717, 1.165) is 43.4 Å². The largest absolute Gasteiger partial charge is 0.356 e. The number of hydrogen-bond acceptors (Lipinski definition) is 5. The lowest BCUT2D eigenvalue weighted by atomic mass is 10.0. The first-order valence-corrected chi connectivity index (χ1v) is 10.5.